The van der Waals surface area contributed by atoms with Gasteiger partial charge in [-0.1, -0.05) is 13.3 Å². The molecule has 0 aliphatic heterocycles. The highest BCUT2D eigenvalue weighted by Crippen LogP contribution is 2.30. The molecule has 1 saturated carbocycles. The van der Waals surface area contributed by atoms with E-state index in [4.69, 9.17) is 0 Å². The van der Waals surface area contributed by atoms with Gasteiger partial charge >= 0.3 is 0 Å². The third-order valence-corrected chi connectivity index (χ3v) is 6.49. The maximum atomic E-state index is 12.3. The number of hydrogen-bond donors (Lipinski definition) is 2. The van der Waals surface area contributed by atoms with Crippen LogP contribution in [0.1, 0.15) is 44.4 Å². The summed E-state index contributed by atoms with van der Waals surface area (Å²) in [6.45, 7) is 5.78. The Balaban J connectivity index is 1.94. The van der Waals surface area contributed by atoms with Crippen molar-refractivity contribution in [2.75, 3.05) is 6.54 Å². The molecule has 1 aliphatic carbocycles. The zero-order valence-corrected chi connectivity index (χ0v) is 13.8. The molecule has 1 atom stereocenters. The first-order valence-corrected chi connectivity index (χ1v) is 9.69. The quantitative estimate of drug-likeness (QED) is 0.725. The molecule has 1 aromatic rings. The summed E-state index contributed by atoms with van der Waals surface area (Å²) in [6.07, 6.45) is 4.58. The Bertz CT molecular complexity index is 521. The lowest BCUT2D eigenvalue weighted by Gasteiger charge is -2.31. The largest absolute Gasteiger partial charge is 0.312 e. The van der Waals surface area contributed by atoms with Gasteiger partial charge in [0.05, 0.1) is 4.90 Å². The van der Waals surface area contributed by atoms with Crippen LogP contribution in [-0.2, 0) is 16.6 Å². The number of nitrogens with one attached hydrogen (secondary N) is 2. The highest BCUT2D eigenvalue weighted by molar-refractivity contribution is 7.89. The van der Waals surface area contributed by atoms with Crippen molar-refractivity contribution in [1.82, 2.24) is 10.0 Å². The summed E-state index contributed by atoms with van der Waals surface area (Å²) in [5, 5.41) is 5.02. The standard InChI is InChI=1S/C14H24N2O2S2/c1-3-7-15-9-13-8-14(10-19-13)20(17,18)16-11(2)12-5-4-6-12/h8,10-12,15-16H,3-7,9H2,1-2H3. The molecule has 0 spiro atoms. The molecule has 1 unspecified atom stereocenters. The number of rotatable bonds is 8. The lowest BCUT2D eigenvalue weighted by molar-refractivity contribution is 0.260. The van der Waals surface area contributed by atoms with E-state index >= 15 is 0 Å². The molecule has 0 aromatic carbocycles. The van der Waals surface area contributed by atoms with Crippen LogP contribution >= 0.6 is 11.3 Å². The molecule has 2 N–H and O–H groups in total. The third-order valence-electron chi connectivity index (χ3n) is 3.86. The van der Waals surface area contributed by atoms with Crippen LogP contribution in [0.2, 0.25) is 0 Å². The first-order valence-electron chi connectivity index (χ1n) is 7.33. The lowest BCUT2D eigenvalue weighted by atomic mass is 9.81. The minimum atomic E-state index is -3.36. The highest BCUT2D eigenvalue weighted by atomic mass is 32.2. The van der Waals surface area contributed by atoms with Gasteiger partial charge in [-0.2, -0.15) is 0 Å². The SMILES string of the molecule is CCCNCc1cc(S(=O)(=O)NC(C)C2CCC2)cs1. The summed E-state index contributed by atoms with van der Waals surface area (Å²) < 4.78 is 27.4. The van der Waals surface area contributed by atoms with Crippen molar-refractivity contribution in [1.29, 1.82) is 0 Å². The van der Waals surface area contributed by atoms with Crippen molar-refractivity contribution in [2.45, 2.75) is 57.0 Å². The molecule has 0 bridgehead atoms. The zero-order valence-electron chi connectivity index (χ0n) is 12.2. The van der Waals surface area contributed by atoms with Gasteiger partial charge in [-0.05, 0) is 44.7 Å². The van der Waals surface area contributed by atoms with Gasteiger partial charge in [0.1, 0.15) is 0 Å². The summed E-state index contributed by atoms with van der Waals surface area (Å²) >= 11 is 1.50. The topological polar surface area (TPSA) is 58.2 Å². The van der Waals surface area contributed by atoms with E-state index in [1.807, 2.05) is 6.92 Å². The molecule has 1 fully saturated rings. The van der Waals surface area contributed by atoms with E-state index in [1.165, 1.54) is 17.8 Å². The third kappa shape index (κ3) is 4.04. The van der Waals surface area contributed by atoms with E-state index in [2.05, 4.69) is 17.0 Å². The first-order chi connectivity index (χ1) is 9.53. The average Bonchev–Trinajstić information content (AvgIpc) is 2.75. The summed E-state index contributed by atoms with van der Waals surface area (Å²) in [4.78, 5) is 1.47. The minimum Gasteiger partial charge on any atom is -0.312 e. The molecule has 6 heteroatoms. The molecule has 1 aromatic heterocycles. The number of thiophene rings is 1. The van der Waals surface area contributed by atoms with Gasteiger partial charge in [0.15, 0.2) is 0 Å². The fraction of sp³-hybridized carbons (Fsp3) is 0.714. The average molecular weight is 316 g/mol. The molecule has 4 nitrogen and oxygen atoms in total. The molecule has 1 aliphatic rings. The van der Waals surface area contributed by atoms with Gasteiger partial charge in [0.2, 0.25) is 10.0 Å². The summed E-state index contributed by atoms with van der Waals surface area (Å²) in [7, 11) is -3.36. The van der Waals surface area contributed by atoms with Crippen LogP contribution in [0.15, 0.2) is 16.3 Å². The maximum Gasteiger partial charge on any atom is 0.241 e. The van der Waals surface area contributed by atoms with Gasteiger partial charge in [-0.15, -0.1) is 11.3 Å². The Morgan fingerprint density at radius 2 is 2.20 bits per heavy atom. The second-order valence-electron chi connectivity index (χ2n) is 5.53. The fourth-order valence-corrected chi connectivity index (χ4v) is 4.89. The van der Waals surface area contributed by atoms with Crippen molar-refractivity contribution in [2.24, 2.45) is 5.92 Å². The van der Waals surface area contributed by atoms with E-state index in [1.54, 1.807) is 11.4 Å². The second kappa shape index (κ2) is 7.02. The van der Waals surface area contributed by atoms with Crippen LogP contribution in [0, 0.1) is 5.92 Å². The number of hydrogen-bond acceptors (Lipinski definition) is 4. The fourth-order valence-electron chi connectivity index (χ4n) is 2.33. The van der Waals surface area contributed by atoms with Crippen LogP contribution < -0.4 is 10.0 Å². The van der Waals surface area contributed by atoms with Crippen molar-refractivity contribution in [3.8, 4) is 0 Å². The molecule has 2 rings (SSSR count). The smallest absolute Gasteiger partial charge is 0.241 e. The van der Waals surface area contributed by atoms with E-state index < -0.39 is 10.0 Å². The summed E-state index contributed by atoms with van der Waals surface area (Å²) in [5.74, 6) is 0.508. The monoisotopic (exact) mass is 316 g/mol. The summed E-state index contributed by atoms with van der Waals surface area (Å²) in [5.41, 5.74) is 0. The normalized spacial score (nSPS) is 17.9. The predicted octanol–water partition coefficient (Wildman–Crippen LogP) is 2.71. The molecule has 0 amide bonds. The van der Waals surface area contributed by atoms with Crippen LogP contribution in [0.3, 0.4) is 0 Å². The van der Waals surface area contributed by atoms with E-state index in [-0.39, 0.29) is 6.04 Å². The Morgan fingerprint density at radius 1 is 1.45 bits per heavy atom. The zero-order chi connectivity index (χ0) is 14.6. The van der Waals surface area contributed by atoms with Gasteiger partial charge in [0.25, 0.3) is 0 Å². The highest BCUT2D eigenvalue weighted by Gasteiger charge is 2.28. The lowest BCUT2D eigenvalue weighted by Crippen LogP contribution is -2.40. The Hall–Kier alpha value is -0.430. The van der Waals surface area contributed by atoms with Gasteiger partial charge < -0.3 is 5.32 Å². The maximum absolute atomic E-state index is 12.3. The molecular weight excluding hydrogens is 292 g/mol. The van der Waals surface area contributed by atoms with E-state index in [9.17, 15) is 8.42 Å². The van der Waals surface area contributed by atoms with Crippen molar-refractivity contribution < 1.29 is 8.42 Å². The van der Waals surface area contributed by atoms with Crippen LogP contribution in [0.4, 0.5) is 0 Å². The number of sulfonamides is 1. The van der Waals surface area contributed by atoms with Crippen LogP contribution in [0.5, 0.6) is 0 Å². The first kappa shape index (κ1) is 15.9. The minimum absolute atomic E-state index is 0.0373. The Morgan fingerprint density at radius 3 is 2.80 bits per heavy atom. The Kier molecular flexibility index (Phi) is 5.60. The molecule has 0 saturated heterocycles. The van der Waals surface area contributed by atoms with Gasteiger partial charge in [-0.3, -0.25) is 0 Å². The van der Waals surface area contributed by atoms with Gasteiger partial charge in [0, 0.05) is 22.8 Å². The molecule has 20 heavy (non-hydrogen) atoms. The van der Waals surface area contributed by atoms with Crippen molar-refractivity contribution in [3.63, 3.8) is 0 Å². The van der Waals surface area contributed by atoms with Crippen LogP contribution in [-0.4, -0.2) is 21.0 Å². The van der Waals surface area contributed by atoms with Gasteiger partial charge in [-0.25, -0.2) is 13.1 Å². The Labute approximate surface area is 126 Å². The molecule has 1 heterocycles. The molecule has 0 radical (unpaired) electrons. The molecule has 114 valence electrons. The van der Waals surface area contributed by atoms with Crippen LogP contribution in [0.25, 0.3) is 0 Å². The van der Waals surface area contributed by atoms with Crippen molar-refractivity contribution >= 4 is 21.4 Å². The predicted molar refractivity (Wildman–Crippen MR) is 83.4 cm³/mol. The second-order valence-corrected chi connectivity index (χ2v) is 8.24. The van der Waals surface area contributed by atoms with Crippen molar-refractivity contribution in [3.05, 3.63) is 16.3 Å². The van der Waals surface area contributed by atoms with E-state index in [0.717, 1.165) is 37.2 Å². The van der Waals surface area contributed by atoms with E-state index in [0.29, 0.717) is 10.8 Å². The molecular formula is C14H24N2O2S2. The summed E-state index contributed by atoms with van der Waals surface area (Å²) in [6, 6.07) is 1.82.